The number of aryl methyl sites for hydroxylation is 1. The third kappa shape index (κ3) is 2.06. The fourth-order valence-electron chi connectivity index (χ4n) is 2.19. The van der Waals surface area contributed by atoms with Gasteiger partial charge in [-0.2, -0.15) is 5.10 Å². The summed E-state index contributed by atoms with van der Waals surface area (Å²) in [5.41, 5.74) is 1.92. The number of nitrogens with one attached hydrogen (secondary N) is 1. The van der Waals surface area contributed by atoms with Crippen LogP contribution in [-0.4, -0.2) is 45.9 Å². The molecule has 18 heavy (non-hydrogen) atoms. The first-order chi connectivity index (χ1) is 8.84. The molecule has 0 amide bonds. The van der Waals surface area contributed by atoms with Gasteiger partial charge in [-0.25, -0.2) is 4.98 Å². The van der Waals surface area contributed by atoms with Crippen molar-refractivity contribution in [2.24, 2.45) is 7.05 Å². The van der Waals surface area contributed by atoms with Crippen LogP contribution in [0, 0.1) is 0 Å². The monoisotopic (exact) mass is 244 g/mol. The van der Waals surface area contributed by atoms with Crippen LogP contribution in [0.2, 0.25) is 0 Å². The molecule has 3 rings (SSSR count). The standard InChI is InChI=1S/C12H16N6/c1-17-9-10(8-16-17)11-12(15-3-2-14-11)18-6-4-13-5-7-18/h2-3,8-9,13H,4-7H2,1H3. The van der Waals surface area contributed by atoms with Crippen molar-refractivity contribution in [3.8, 4) is 11.3 Å². The maximum atomic E-state index is 4.49. The van der Waals surface area contributed by atoms with E-state index in [0.29, 0.717) is 0 Å². The van der Waals surface area contributed by atoms with Crippen LogP contribution < -0.4 is 10.2 Å². The molecular weight excluding hydrogens is 228 g/mol. The molecule has 94 valence electrons. The normalized spacial score (nSPS) is 15.9. The van der Waals surface area contributed by atoms with E-state index in [2.05, 4.69) is 25.3 Å². The molecule has 0 spiro atoms. The van der Waals surface area contributed by atoms with Gasteiger partial charge >= 0.3 is 0 Å². The lowest BCUT2D eigenvalue weighted by molar-refractivity contribution is 0.585. The molecule has 0 bridgehead atoms. The predicted octanol–water partition coefficient (Wildman–Crippen LogP) is 0.287. The van der Waals surface area contributed by atoms with Crippen molar-refractivity contribution in [2.75, 3.05) is 31.1 Å². The van der Waals surface area contributed by atoms with E-state index in [1.165, 1.54) is 0 Å². The second-order valence-corrected chi connectivity index (χ2v) is 4.37. The molecule has 3 heterocycles. The maximum absolute atomic E-state index is 4.49. The van der Waals surface area contributed by atoms with Gasteiger partial charge in [0.1, 0.15) is 5.69 Å². The average Bonchev–Trinajstić information content (AvgIpc) is 2.86. The Kier molecular flexibility index (Phi) is 2.93. The molecule has 0 aromatic carbocycles. The largest absolute Gasteiger partial charge is 0.352 e. The summed E-state index contributed by atoms with van der Waals surface area (Å²) in [7, 11) is 1.91. The Bertz CT molecular complexity index is 529. The van der Waals surface area contributed by atoms with Gasteiger partial charge in [0.25, 0.3) is 0 Å². The predicted molar refractivity (Wildman–Crippen MR) is 69.3 cm³/mol. The summed E-state index contributed by atoms with van der Waals surface area (Å²) >= 11 is 0. The Morgan fingerprint density at radius 2 is 1.94 bits per heavy atom. The zero-order valence-corrected chi connectivity index (χ0v) is 10.4. The quantitative estimate of drug-likeness (QED) is 0.822. The van der Waals surface area contributed by atoms with Gasteiger partial charge < -0.3 is 10.2 Å². The highest BCUT2D eigenvalue weighted by atomic mass is 15.3. The Morgan fingerprint density at radius 1 is 1.17 bits per heavy atom. The zero-order chi connectivity index (χ0) is 12.4. The number of hydrogen-bond donors (Lipinski definition) is 1. The molecule has 1 N–H and O–H groups in total. The van der Waals surface area contributed by atoms with Gasteiger partial charge in [-0.1, -0.05) is 0 Å². The van der Waals surface area contributed by atoms with Crippen molar-refractivity contribution in [1.82, 2.24) is 25.1 Å². The third-order valence-corrected chi connectivity index (χ3v) is 3.07. The molecule has 6 heteroatoms. The molecule has 1 aliphatic heterocycles. The molecule has 2 aromatic heterocycles. The molecule has 1 saturated heterocycles. The Balaban J connectivity index is 1.99. The van der Waals surface area contributed by atoms with Crippen LogP contribution in [0.3, 0.4) is 0 Å². The van der Waals surface area contributed by atoms with Crippen LogP contribution in [0.4, 0.5) is 5.82 Å². The number of aromatic nitrogens is 4. The van der Waals surface area contributed by atoms with E-state index in [1.54, 1.807) is 17.1 Å². The highest BCUT2D eigenvalue weighted by Gasteiger charge is 2.17. The summed E-state index contributed by atoms with van der Waals surface area (Å²) in [4.78, 5) is 11.2. The Labute approximate surface area is 106 Å². The van der Waals surface area contributed by atoms with Crippen molar-refractivity contribution >= 4 is 5.82 Å². The van der Waals surface area contributed by atoms with E-state index in [9.17, 15) is 0 Å². The van der Waals surface area contributed by atoms with E-state index in [0.717, 1.165) is 43.3 Å². The van der Waals surface area contributed by atoms with Crippen molar-refractivity contribution in [3.05, 3.63) is 24.8 Å². The van der Waals surface area contributed by atoms with Gasteiger partial charge in [0.15, 0.2) is 5.82 Å². The highest BCUT2D eigenvalue weighted by Crippen LogP contribution is 2.25. The van der Waals surface area contributed by atoms with Crippen molar-refractivity contribution < 1.29 is 0 Å². The van der Waals surface area contributed by atoms with E-state index in [-0.39, 0.29) is 0 Å². The summed E-state index contributed by atoms with van der Waals surface area (Å²) in [6.07, 6.45) is 7.27. The van der Waals surface area contributed by atoms with Gasteiger partial charge in [-0.3, -0.25) is 9.67 Å². The molecule has 2 aromatic rings. The van der Waals surface area contributed by atoms with Crippen LogP contribution in [0.25, 0.3) is 11.3 Å². The summed E-state index contributed by atoms with van der Waals surface area (Å²) in [5, 5.41) is 7.54. The smallest absolute Gasteiger partial charge is 0.155 e. The van der Waals surface area contributed by atoms with Gasteiger partial charge in [-0.05, 0) is 0 Å². The molecular formula is C12H16N6. The van der Waals surface area contributed by atoms with Crippen LogP contribution >= 0.6 is 0 Å². The lowest BCUT2D eigenvalue weighted by atomic mass is 10.2. The molecule has 0 atom stereocenters. The van der Waals surface area contributed by atoms with E-state index >= 15 is 0 Å². The second-order valence-electron chi connectivity index (χ2n) is 4.37. The molecule has 6 nitrogen and oxygen atoms in total. The fourth-order valence-corrected chi connectivity index (χ4v) is 2.19. The topological polar surface area (TPSA) is 58.9 Å². The molecule has 0 aliphatic carbocycles. The summed E-state index contributed by atoms with van der Waals surface area (Å²) < 4.78 is 1.78. The minimum atomic E-state index is 0.910. The van der Waals surface area contributed by atoms with Crippen molar-refractivity contribution in [2.45, 2.75) is 0 Å². The van der Waals surface area contributed by atoms with Crippen LogP contribution in [0.1, 0.15) is 0 Å². The third-order valence-electron chi connectivity index (χ3n) is 3.07. The fraction of sp³-hybridized carbons (Fsp3) is 0.417. The molecule has 1 fully saturated rings. The zero-order valence-electron chi connectivity index (χ0n) is 10.4. The minimum absolute atomic E-state index is 0.910. The minimum Gasteiger partial charge on any atom is -0.352 e. The maximum Gasteiger partial charge on any atom is 0.155 e. The van der Waals surface area contributed by atoms with E-state index in [1.807, 2.05) is 19.4 Å². The average molecular weight is 244 g/mol. The first-order valence-corrected chi connectivity index (χ1v) is 6.10. The number of anilines is 1. The highest BCUT2D eigenvalue weighted by molar-refractivity contribution is 5.71. The molecule has 0 unspecified atom stereocenters. The first-order valence-electron chi connectivity index (χ1n) is 6.10. The lowest BCUT2D eigenvalue weighted by Crippen LogP contribution is -2.44. The van der Waals surface area contributed by atoms with Crippen LogP contribution in [0.5, 0.6) is 0 Å². The second kappa shape index (κ2) is 4.73. The summed E-state index contributed by atoms with van der Waals surface area (Å²) in [5.74, 6) is 0.951. The van der Waals surface area contributed by atoms with Gasteiger partial charge in [0, 0.05) is 57.4 Å². The Hall–Kier alpha value is -1.95. The van der Waals surface area contributed by atoms with E-state index < -0.39 is 0 Å². The lowest BCUT2D eigenvalue weighted by Gasteiger charge is -2.29. The van der Waals surface area contributed by atoms with Crippen molar-refractivity contribution in [1.29, 1.82) is 0 Å². The Morgan fingerprint density at radius 3 is 2.67 bits per heavy atom. The van der Waals surface area contributed by atoms with Crippen LogP contribution in [-0.2, 0) is 7.05 Å². The number of hydrogen-bond acceptors (Lipinski definition) is 5. The van der Waals surface area contributed by atoms with Crippen molar-refractivity contribution in [3.63, 3.8) is 0 Å². The summed E-state index contributed by atoms with van der Waals surface area (Å²) in [6, 6.07) is 0. The number of nitrogens with zero attached hydrogens (tertiary/aromatic N) is 5. The van der Waals surface area contributed by atoms with Gasteiger partial charge in [-0.15, -0.1) is 0 Å². The molecule has 0 saturated carbocycles. The summed E-state index contributed by atoms with van der Waals surface area (Å²) in [6.45, 7) is 3.91. The van der Waals surface area contributed by atoms with Crippen LogP contribution in [0.15, 0.2) is 24.8 Å². The first kappa shape index (κ1) is 11.2. The molecule has 0 radical (unpaired) electrons. The van der Waals surface area contributed by atoms with E-state index in [4.69, 9.17) is 0 Å². The van der Waals surface area contributed by atoms with Gasteiger partial charge in [0.05, 0.1) is 6.20 Å². The number of rotatable bonds is 2. The number of piperazine rings is 1. The SMILES string of the molecule is Cn1cc(-c2nccnc2N2CCNCC2)cn1. The molecule has 1 aliphatic rings. The van der Waals surface area contributed by atoms with Gasteiger partial charge in [0.2, 0.25) is 0 Å².